The van der Waals surface area contributed by atoms with Crippen molar-refractivity contribution >= 4 is 16.6 Å². The Morgan fingerprint density at radius 1 is 1.25 bits per heavy atom. The minimum absolute atomic E-state index is 0.0670. The van der Waals surface area contributed by atoms with Crippen LogP contribution in [0.15, 0.2) is 41.3 Å². The largest absolute Gasteiger partial charge is 0.308 e. The molecule has 2 rings (SSSR count). The molecule has 0 saturated carbocycles. The number of benzene rings is 1. The van der Waals surface area contributed by atoms with Crippen molar-refractivity contribution in [2.45, 2.75) is 19.9 Å². The lowest BCUT2D eigenvalue weighted by atomic mass is 10.2. The van der Waals surface area contributed by atoms with Crippen LogP contribution in [0, 0.1) is 0 Å². The van der Waals surface area contributed by atoms with E-state index >= 15 is 0 Å². The lowest BCUT2D eigenvalue weighted by molar-refractivity contribution is -0.119. The van der Waals surface area contributed by atoms with Crippen LogP contribution in [0.1, 0.15) is 13.3 Å². The van der Waals surface area contributed by atoms with Gasteiger partial charge in [0.2, 0.25) is 0 Å². The third-order valence-corrected chi connectivity index (χ3v) is 2.63. The number of carbonyl (C=O) groups excluding carboxylic acids is 1. The van der Waals surface area contributed by atoms with Gasteiger partial charge in [0.1, 0.15) is 0 Å². The Hall–Kier alpha value is -1.90. The molecule has 0 unspecified atom stereocenters. The molecule has 0 radical (unpaired) electrons. The number of rotatable bonds is 3. The van der Waals surface area contributed by atoms with Crippen molar-refractivity contribution in [2.75, 3.05) is 0 Å². The molecule has 3 heteroatoms. The summed E-state index contributed by atoms with van der Waals surface area (Å²) in [6.07, 6.45) is 2.14. The third-order valence-electron chi connectivity index (χ3n) is 2.63. The number of hydrogen-bond donors (Lipinski definition) is 0. The molecule has 0 bridgehead atoms. The van der Waals surface area contributed by atoms with Crippen molar-refractivity contribution in [3.8, 4) is 0 Å². The summed E-state index contributed by atoms with van der Waals surface area (Å²) in [5.41, 5.74) is -0.0973. The molecule has 0 aliphatic rings. The molecule has 16 heavy (non-hydrogen) atoms. The molecule has 0 fully saturated rings. The van der Waals surface area contributed by atoms with Gasteiger partial charge in [-0.3, -0.25) is 9.59 Å². The lowest BCUT2D eigenvalue weighted by Crippen LogP contribution is -2.23. The fourth-order valence-electron chi connectivity index (χ4n) is 1.66. The zero-order valence-corrected chi connectivity index (χ0v) is 9.14. The molecule has 0 saturated heterocycles. The van der Waals surface area contributed by atoms with Gasteiger partial charge in [-0.05, 0) is 17.5 Å². The maximum atomic E-state index is 12.0. The van der Waals surface area contributed by atoms with Gasteiger partial charge in [0.05, 0.1) is 6.54 Å². The van der Waals surface area contributed by atoms with Gasteiger partial charge in [0.25, 0.3) is 5.56 Å². The van der Waals surface area contributed by atoms with Gasteiger partial charge in [-0.1, -0.05) is 25.1 Å². The first-order valence-corrected chi connectivity index (χ1v) is 5.32. The molecule has 0 amide bonds. The van der Waals surface area contributed by atoms with E-state index in [-0.39, 0.29) is 17.9 Å². The van der Waals surface area contributed by atoms with E-state index in [1.54, 1.807) is 19.2 Å². The quantitative estimate of drug-likeness (QED) is 0.785. The Kier molecular flexibility index (Phi) is 2.86. The second-order valence-electron chi connectivity index (χ2n) is 3.73. The van der Waals surface area contributed by atoms with E-state index in [9.17, 15) is 9.59 Å². The van der Waals surface area contributed by atoms with Crippen LogP contribution in [0.5, 0.6) is 0 Å². The Labute approximate surface area is 93.3 Å². The van der Waals surface area contributed by atoms with Crippen LogP contribution < -0.4 is 5.56 Å². The van der Waals surface area contributed by atoms with Crippen LogP contribution >= 0.6 is 0 Å². The van der Waals surface area contributed by atoms with Crippen LogP contribution in [-0.2, 0) is 11.3 Å². The van der Waals surface area contributed by atoms with Crippen LogP contribution in [0.4, 0.5) is 0 Å². The monoisotopic (exact) mass is 215 g/mol. The molecule has 0 atom stereocenters. The third kappa shape index (κ3) is 1.89. The molecular weight excluding hydrogens is 202 g/mol. The number of ketones is 1. The summed E-state index contributed by atoms with van der Waals surface area (Å²) in [6.45, 7) is 1.97. The molecule has 0 spiro atoms. The molecule has 0 aliphatic heterocycles. The molecular formula is C13H13NO2. The fraction of sp³-hybridized carbons (Fsp3) is 0.231. The van der Waals surface area contributed by atoms with Gasteiger partial charge in [0.15, 0.2) is 5.78 Å². The van der Waals surface area contributed by atoms with Gasteiger partial charge in [-0.25, -0.2) is 0 Å². The van der Waals surface area contributed by atoms with Crippen LogP contribution in [0.25, 0.3) is 10.8 Å². The van der Waals surface area contributed by atoms with Gasteiger partial charge < -0.3 is 4.57 Å². The number of hydrogen-bond acceptors (Lipinski definition) is 2. The predicted octanol–water partition coefficient (Wildman–Crippen LogP) is 1.98. The summed E-state index contributed by atoms with van der Waals surface area (Å²) in [4.78, 5) is 23.3. The van der Waals surface area contributed by atoms with E-state index in [0.29, 0.717) is 11.8 Å². The van der Waals surface area contributed by atoms with E-state index in [2.05, 4.69) is 0 Å². The zero-order valence-electron chi connectivity index (χ0n) is 9.14. The number of pyridine rings is 1. The number of carbonyl (C=O) groups is 1. The van der Waals surface area contributed by atoms with Crippen molar-refractivity contribution in [3.63, 3.8) is 0 Å². The number of nitrogens with zero attached hydrogens (tertiary/aromatic N) is 1. The van der Waals surface area contributed by atoms with Gasteiger partial charge >= 0.3 is 0 Å². The Morgan fingerprint density at radius 2 is 2.00 bits per heavy atom. The maximum Gasteiger partial charge on any atom is 0.258 e. The van der Waals surface area contributed by atoms with Crippen molar-refractivity contribution in [2.24, 2.45) is 0 Å². The van der Waals surface area contributed by atoms with Crippen LogP contribution in [0.3, 0.4) is 0 Å². The van der Waals surface area contributed by atoms with E-state index in [1.807, 2.05) is 24.3 Å². The minimum Gasteiger partial charge on any atom is -0.308 e. The van der Waals surface area contributed by atoms with Crippen molar-refractivity contribution in [1.29, 1.82) is 0 Å². The standard InChI is InChI=1S/C13H13NO2/c1-2-11(15)9-14-8-7-10-5-3-4-6-12(10)13(14)16/h3-8H,2,9H2,1H3. The average molecular weight is 215 g/mol. The Balaban J connectivity index is 2.53. The van der Waals surface area contributed by atoms with Crippen molar-refractivity contribution in [3.05, 3.63) is 46.9 Å². The van der Waals surface area contributed by atoms with Crippen LogP contribution in [0.2, 0.25) is 0 Å². The fourth-order valence-corrected chi connectivity index (χ4v) is 1.66. The van der Waals surface area contributed by atoms with Gasteiger partial charge in [0, 0.05) is 18.0 Å². The SMILES string of the molecule is CCC(=O)Cn1ccc2ccccc2c1=O. The van der Waals surface area contributed by atoms with Crippen molar-refractivity contribution in [1.82, 2.24) is 4.57 Å². The first-order valence-electron chi connectivity index (χ1n) is 5.32. The van der Waals surface area contributed by atoms with E-state index in [0.717, 1.165) is 5.39 Å². The predicted molar refractivity (Wildman–Crippen MR) is 63.5 cm³/mol. The highest BCUT2D eigenvalue weighted by Crippen LogP contribution is 2.07. The Morgan fingerprint density at radius 3 is 2.75 bits per heavy atom. The van der Waals surface area contributed by atoms with E-state index < -0.39 is 0 Å². The summed E-state index contributed by atoms with van der Waals surface area (Å²) in [7, 11) is 0. The average Bonchev–Trinajstić information content (AvgIpc) is 2.33. The highest BCUT2D eigenvalue weighted by Gasteiger charge is 2.04. The first-order chi connectivity index (χ1) is 7.72. The van der Waals surface area contributed by atoms with Gasteiger partial charge in [-0.2, -0.15) is 0 Å². The Bertz CT molecular complexity index is 584. The molecule has 3 nitrogen and oxygen atoms in total. The second kappa shape index (κ2) is 4.31. The van der Waals surface area contributed by atoms with E-state index in [4.69, 9.17) is 0 Å². The summed E-state index contributed by atoms with van der Waals surface area (Å²) >= 11 is 0. The lowest BCUT2D eigenvalue weighted by Gasteiger charge is -2.05. The van der Waals surface area contributed by atoms with Crippen LogP contribution in [-0.4, -0.2) is 10.4 Å². The topological polar surface area (TPSA) is 39.1 Å². The minimum atomic E-state index is -0.0973. The second-order valence-corrected chi connectivity index (χ2v) is 3.73. The number of aromatic nitrogens is 1. The molecule has 1 aromatic heterocycles. The normalized spacial score (nSPS) is 10.6. The summed E-state index contributed by atoms with van der Waals surface area (Å²) in [6, 6.07) is 9.26. The first kappa shape index (κ1) is 10.6. The maximum absolute atomic E-state index is 12.0. The van der Waals surface area contributed by atoms with E-state index in [1.165, 1.54) is 4.57 Å². The highest BCUT2D eigenvalue weighted by atomic mass is 16.1. The molecule has 0 N–H and O–H groups in total. The molecule has 0 aliphatic carbocycles. The smallest absolute Gasteiger partial charge is 0.258 e. The summed E-state index contributed by atoms with van der Waals surface area (Å²) < 4.78 is 1.47. The number of fused-ring (bicyclic) bond motifs is 1. The summed E-state index contributed by atoms with van der Waals surface area (Å²) in [5.74, 6) is 0.0670. The molecule has 82 valence electrons. The highest BCUT2D eigenvalue weighted by molar-refractivity contribution is 5.82. The number of Topliss-reactive ketones (excluding diaryl/α,β-unsaturated/α-hetero) is 1. The molecule has 1 aromatic carbocycles. The summed E-state index contributed by atoms with van der Waals surface area (Å²) in [5, 5.41) is 1.57. The van der Waals surface area contributed by atoms with Crippen molar-refractivity contribution < 1.29 is 4.79 Å². The van der Waals surface area contributed by atoms with Gasteiger partial charge in [-0.15, -0.1) is 0 Å². The zero-order chi connectivity index (χ0) is 11.5. The molecule has 2 aromatic rings. The molecule has 1 heterocycles.